The molecule has 0 saturated heterocycles. The second-order valence-corrected chi connectivity index (χ2v) is 3.73. The predicted octanol–water partition coefficient (Wildman–Crippen LogP) is 1.17. The number of hydrogen-bond donors (Lipinski definition) is 1. The van der Waals surface area contributed by atoms with Gasteiger partial charge in [-0.15, -0.1) is 11.6 Å². The van der Waals surface area contributed by atoms with Gasteiger partial charge < -0.3 is 10.0 Å². The molecule has 0 amide bonds. The molecule has 0 aromatic carbocycles. The van der Waals surface area contributed by atoms with E-state index in [4.69, 9.17) is 16.7 Å². The third kappa shape index (κ3) is 6.60. The summed E-state index contributed by atoms with van der Waals surface area (Å²) in [7, 11) is 2.00. The fourth-order valence-corrected chi connectivity index (χ4v) is 1.20. The van der Waals surface area contributed by atoms with Crippen LogP contribution in [0.2, 0.25) is 0 Å². The van der Waals surface area contributed by atoms with Crippen LogP contribution in [0, 0.1) is 5.92 Å². The van der Waals surface area contributed by atoms with Crippen LogP contribution in [-0.2, 0) is 0 Å². The normalized spacial score (nSPS) is 14.5. The smallest absolute Gasteiger partial charge is 0.0802 e. The average molecular weight is 180 g/mol. The maximum Gasteiger partial charge on any atom is 0.0802 e. The fraction of sp³-hybridized carbons (Fsp3) is 1.00. The lowest BCUT2D eigenvalue weighted by Gasteiger charge is -2.20. The average Bonchev–Trinajstić information content (AvgIpc) is 1.85. The Bertz CT molecular complexity index is 98.1. The zero-order valence-electron chi connectivity index (χ0n) is 7.55. The summed E-state index contributed by atoms with van der Waals surface area (Å²) >= 11 is 5.46. The summed E-state index contributed by atoms with van der Waals surface area (Å²) in [5.74, 6) is 0.963. The summed E-state index contributed by atoms with van der Waals surface area (Å²) < 4.78 is 0. The Labute approximate surface area is 74.2 Å². The number of nitrogens with zero attached hydrogens (tertiary/aromatic N) is 1. The molecule has 11 heavy (non-hydrogen) atoms. The van der Waals surface area contributed by atoms with E-state index < -0.39 is 0 Å². The quantitative estimate of drug-likeness (QED) is 0.641. The van der Waals surface area contributed by atoms with E-state index >= 15 is 0 Å². The molecule has 0 saturated carbocycles. The van der Waals surface area contributed by atoms with Crippen molar-refractivity contribution in [2.24, 2.45) is 5.92 Å². The number of rotatable bonds is 5. The maximum atomic E-state index is 9.17. The van der Waals surface area contributed by atoms with Crippen LogP contribution in [0.1, 0.15) is 13.8 Å². The molecule has 0 heterocycles. The van der Waals surface area contributed by atoms with Crippen LogP contribution in [0.25, 0.3) is 0 Å². The summed E-state index contributed by atoms with van der Waals surface area (Å²) in [5.41, 5.74) is 0. The molecule has 0 aliphatic rings. The third-order valence-electron chi connectivity index (χ3n) is 1.38. The van der Waals surface area contributed by atoms with E-state index in [9.17, 15) is 0 Å². The van der Waals surface area contributed by atoms with Crippen molar-refractivity contribution in [2.75, 3.05) is 26.0 Å². The van der Waals surface area contributed by atoms with E-state index in [1.165, 1.54) is 0 Å². The van der Waals surface area contributed by atoms with Crippen LogP contribution in [0.15, 0.2) is 0 Å². The van der Waals surface area contributed by atoms with Crippen molar-refractivity contribution >= 4 is 11.6 Å². The molecule has 1 atom stereocenters. The topological polar surface area (TPSA) is 23.5 Å². The highest BCUT2D eigenvalue weighted by Gasteiger charge is 2.07. The van der Waals surface area contributed by atoms with Gasteiger partial charge in [0.25, 0.3) is 0 Å². The molecule has 2 nitrogen and oxygen atoms in total. The van der Waals surface area contributed by atoms with E-state index in [-0.39, 0.29) is 6.10 Å². The molecule has 68 valence electrons. The van der Waals surface area contributed by atoms with E-state index in [0.717, 1.165) is 6.54 Å². The molecule has 0 bridgehead atoms. The first-order valence-corrected chi connectivity index (χ1v) is 4.52. The first-order chi connectivity index (χ1) is 5.06. The van der Waals surface area contributed by atoms with Crippen LogP contribution in [-0.4, -0.2) is 42.1 Å². The first kappa shape index (κ1) is 11.2. The highest BCUT2D eigenvalue weighted by Crippen LogP contribution is 1.97. The van der Waals surface area contributed by atoms with Crippen molar-refractivity contribution in [3.8, 4) is 0 Å². The second-order valence-electron chi connectivity index (χ2n) is 3.42. The molecule has 0 aliphatic heterocycles. The molecule has 1 unspecified atom stereocenters. The van der Waals surface area contributed by atoms with Crippen molar-refractivity contribution in [1.29, 1.82) is 0 Å². The summed E-state index contributed by atoms with van der Waals surface area (Å²) in [6.07, 6.45) is -0.389. The zero-order chi connectivity index (χ0) is 8.85. The van der Waals surface area contributed by atoms with Crippen molar-refractivity contribution in [1.82, 2.24) is 4.90 Å². The highest BCUT2D eigenvalue weighted by atomic mass is 35.5. The molecule has 0 spiro atoms. The number of aliphatic hydroxyl groups excluding tert-OH is 1. The molecule has 0 radical (unpaired) electrons. The van der Waals surface area contributed by atoms with Gasteiger partial charge in [-0.05, 0) is 13.0 Å². The number of hydrogen-bond acceptors (Lipinski definition) is 2. The molecular formula is C8H18ClNO. The Kier molecular flexibility index (Phi) is 5.92. The Balaban J connectivity index is 3.43. The van der Waals surface area contributed by atoms with Gasteiger partial charge in [-0.3, -0.25) is 0 Å². The summed E-state index contributed by atoms with van der Waals surface area (Å²) in [4.78, 5) is 2.09. The van der Waals surface area contributed by atoms with Gasteiger partial charge in [0.2, 0.25) is 0 Å². The van der Waals surface area contributed by atoms with Crippen LogP contribution in [0.4, 0.5) is 0 Å². The Morgan fingerprint density at radius 3 is 2.27 bits per heavy atom. The van der Waals surface area contributed by atoms with E-state index in [1.54, 1.807) is 0 Å². The largest absolute Gasteiger partial charge is 0.391 e. The van der Waals surface area contributed by atoms with Crippen LogP contribution >= 0.6 is 11.6 Å². The Morgan fingerprint density at radius 1 is 1.36 bits per heavy atom. The highest BCUT2D eigenvalue weighted by molar-refractivity contribution is 6.18. The fourth-order valence-electron chi connectivity index (χ4n) is 1.11. The number of alkyl halides is 1. The first-order valence-electron chi connectivity index (χ1n) is 3.98. The monoisotopic (exact) mass is 179 g/mol. The lowest BCUT2D eigenvalue weighted by Crippen LogP contribution is -2.32. The van der Waals surface area contributed by atoms with Crippen LogP contribution < -0.4 is 0 Å². The van der Waals surface area contributed by atoms with E-state index in [0.29, 0.717) is 18.3 Å². The van der Waals surface area contributed by atoms with Gasteiger partial charge in [0.15, 0.2) is 0 Å². The van der Waals surface area contributed by atoms with Gasteiger partial charge in [0.05, 0.1) is 6.10 Å². The Morgan fingerprint density at radius 2 is 1.91 bits per heavy atom. The zero-order valence-corrected chi connectivity index (χ0v) is 8.30. The lowest BCUT2D eigenvalue weighted by molar-refractivity contribution is 0.137. The molecular weight excluding hydrogens is 162 g/mol. The molecule has 0 aromatic heterocycles. The van der Waals surface area contributed by atoms with Crippen LogP contribution in [0.3, 0.4) is 0 Å². The molecule has 1 N–H and O–H groups in total. The third-order valence-corrected chi connectivity index (χ3v) is 1.73. The number of halogens is 1. The maximum absolute atomic E-state index is 9.17. The second kappa shape index (κ2) is 5.81. The Hall–Kier alpha value is 0.210. The van der Waals surface area contributed by atoms with Crippen molar-refractivity contribution < 1.29 is 5.11 Å². The minimum absolute atomic E-state index is 0.322. The minimum atomic E-state index is -0.389. The standard InChI is InChI=1S/C8H18ClNO/c1-7(2)5-10(3)6-8(11)4-9/h7-8,11H,4-6H2,1-3H3. The van der Waals surface area contributed by atoms with Gasteiger partial charge in [-0.25, -0.2) is 0 Å². The minimum Gasteiger partial charge on any atom is -0.391 e. The molecule has 0 rings (SSSR count). The number of aliphatic hydroxyl groups is 1. The van der Waals surface area contributed by atoms with E-state index in [2.05, 4.69) is 18.7 Å². The van der Waals surface area contributed by atoms with E-state index in [1.807, 2.05) is 7.05 Å². The van der Waals surface area contributed by atoms with Gasteiger partial charge >= 0.3 is 0 Å². The molecule has 0 aliphatic carbocycles. The lowest BCUT2D eigenvalue weighted by atomic mass is 10.2. The molecule has 0 fully saturated rings. The number of likely N-dealkylation sites (N-methyl/N-ethyl adjacent to an activating group) is 1. The SMILES string of the molecule is CC(C)CN(C)CC(O)CCl. The predicted molar refractivity (Wildman–Crippen MR) is 49.1 cm³/mol. The summed E-state index contributed by atoms with van der Waals surface area (Å²) in [6, 6.07) is 0. The van der Waals surface area contributed by atoms with Gasteiger partial charge in [-0.2, -0.15) is 0 Å². The molecule has 0 aromatic rings. The van der Waals surface area contributed by atoms with Gasteiger partial charge in [0.1, 0.15) is 0 Å². The van der Waals surface area contributed by atoms with Crippen LogP contribution in [0.5, 0.6) is 0 Å². The molecule has 3 heteroatoms. The van der Waals surface area contributed by atoms with Gasteiger partial charge in [-0.1, -0.05) is 13.8 Å². The van der Waals surface area contributed by atoms with Gasteiger partial charge in [0, 0.05) is 19.0 Å². The van der Waals surface area contributed by atoms with Crippen molar-refractivity contribution in [3.63, 3.8) is 0 Å². The summed E-state index contributed by atoms with van der Waals surface area (Å²) in [5, 5.41) is 9.17. The van der Waals surface area contributed by atoms with Crippen molar-refractivity contribution in [3.05, 3.63) is 0 Å². The van der Waals surface area contributed by atoms with Crippen molar-refractivity contribution in [2.45, 2.75) is 20.0 Å². The summed E-state index contributed by atoms with van der Waals surface area (Å²) in [6.45, 7) is 5.99.